The first kappa shape index (κ1) is 14.0. The normalized spacial score (nSPS) is 12.4. The van der Waals surface area contributed by atoms with Crippen LogP contribution in [0.5, 0.6) is 0 Å². The van der Waals surface area contributed by atoms with Crippen LogP contribution >= 0.6 is 15.9 Å². The molecule has 0 aliphatic heterocycles. The second-order valence-electron chi connectivity index (χ2n) is 4.29. The Morgan fingerprint density at radius 1 is 1.42 bits per heavy atom. The fraction of sp³-hybridized carbons (Fsp3) is 0.214. The number of benzene rings is 1. The van der Waals surface area contributed by atoms with E-state index < -0.39 is 0 Å². The molecular formula is C14H15BrFN3. The number of aromatic nitrogens is 1. The van der Waals surface area contributed by atoms with E-state index in [9.17, 15) is 4.39 Å². The highest BCUT2D eigenvalue weighted by molar-refractivity contribution is 9.10. The number of hydrogen-bond acceptors (Lipinski definition) is 3. The molecule has 0 aliphatic carbocycles. The lowest BCUT2D eigenvalue weighted by molar-refractivity contribution is 0.583. The van der Waals surface area contributed by atoms with Crippen molar-refractivity contribution >= 4 is 21.6 Å². The van der Waals surface area contributed by atoms with Crippen LogP contribution in [-0.4, -0.2) is 12.0 Å². The van der Waals surface area contributed by atoms with Gasteiger partial charge < -0.3 is 11.1 Å². The lowest BCUT2D eigenvalue weighted by atomic mass is 9.99. The number of nitrogens with zero attached hydrogens (tertiary/aromatic N) is 1. The van der Waals surface area contributed by atoms with Crippen molar-refractivity contribution in [2.24, 2.45) is 0 Å². The first-order valence-corrected chi connectivity index (χ1v) is 6.71. The number of halogens is 2. The number of nitrogens with two attached hydrogens (primary N) is 1. The van der Waals surface area contributed by atoms with Crippen molar-refractivity contribution in [3.05, 3.63) is 58.1 Å². The molecule has 0 bridgehead atoms. The van der Waals surface area contributed by atoms with Crippen molar-refractivity contribution in [2.45, 2.75) is 12.5 Å². The highest BCUT2D eigenvalue weighted by Crippen LogP contribution is 2.25. The third-order valence-electron chi connectivity index (χ3n) is 3.06. The molecule has 1 aromatic heterocycles. The van der Waals surface area contributed by atoms with Gasteiger partial charge in [0.25, 0.3) is 0 Å². The maximum atomic E-state index is 13.3. The minimum absolute atomic E-state index is 0.0587. The lowest BCUT2D eigenvalue weighted by Crippen LogP contribution is -2.19. The van der Waals surface area contributed by atoms with Gasteiger partial charge in [0.05, 0.1) is 4.47 Å². The van der Waals surface area contributed by atoms with E-state index in [1.807, 2.05) is 7.05 Å². The number of anilines is 1. The van der Waals surface area contributed by atoms with Crippen molar-refractivity contribution in [3.8, 4) is 0 Å². The molecule has 1 unspecified atom stereocenters. The zero-order valence-electron chi connectivity index (χ0n) is 10.5. The molecule has 0 fully saturated rings. The molecule has 5 heteroatoms. The summed E-state index contributed by atoms with van der Waals surface area (Å²) in [5, 5.41) is 3.21. The van der Waals surface area contributed by atoms with Gasteiger partial charge in [-0.1, -0.05) is 6.07 Å². The zero-order valence-corrected chi connectivity index (χ0v) is 12.1. The SMILES string of the molecule is CNC(Cc1cnccc1N)c1ccc(F)c(Br)c1. The Kier molecular flexibility index (Phi) is 4.50. The molecular weight excluding hydrogens is 309 g/mol. The summed E-state index contributed by atoms with van der Waals surface area (Å²) in [7, 11) is 1.87. The fourth-order valence-corrected chi connectivity index (χ4v) is 2.34. The van der Waals surface area contributed by atoms with Crippen LogP contribution in [-0.2, 0) is 6.42 Å². The Labute approximate surface area is 120 Å². The van der Waals surface area contributed by atoms with Crippen LogP contribution in [0.4, 0.5) is 10.1 Å². The Bertz CT molecular complexity index is 574. The van der Waals surface area contributed by atoms with E-state index in [0.29, 0.717) is 10.9 Å². The Morgan fingerprint density at radius 2 is 2.21 bits per heavy atom. The summed E-state index contributed by atoms with van der Waals surface area (Å²) >= 11 is 3.20. The summed E-state index contributed by atoms with van der Waals surface area (Å²) in [6.07, 6.45) is 4.13. The van der Waals surface area contributed by atoms with Gasteiger partial charge in [-0.25, -0.2) is 4.39 Å². The second-order valence-corrected chi connectivity index (χ2v) is 5.15. The molecule has 0 radical (unpaired) electrons. The molecule has 2 aromatic rings. The van der Waals surface area contributed by atoms with Crippen LogP contribution in [0, 0.1) is 5.82 Å². The van der Waals surface area contributed by atoms with Gasteiger partial charge in [0.1, 0.15) is 5.82 Å². The number of nitrogen functional groups attached to an aromatic ring is 1. The summed E-state index contributed by atoms with van der Waals surface area (Å²) in [6, 6.07) is 6.85. The smallest absolute Gasteiger partial charge is 0.137 e. The Morgan fingerprint density at radius 3 is 2.84 bits per heavy atom. The molecule has 100 valence electrons. The minimum atomic E-state index is -0.264. The van der Waals surface area contributed by atoms with E-state index >= 15 is 0 Å². The second kappa shape index (κ2) is 6.12. The number of likely N-dealkylation sites (N-methyl/N-ethyl adjacent to an activating group) is 1. The van der Waals surface area contributed by atoms with Gasteiger partial charge in [-0.3, -0.25) is 4.98 Å². The maximum absolute atomic E-state index is 13.3. The van der Waals surface area contributed by atoms with E-state index in [1.54, 1.807) is 30.6 Å². The van der Waals surface area contributed by atoms with Gasteiger partial charge in [0.2, 0.25) is 0 Å². The molecule has 0 spiro atoms. The van der Waals surface area contributed by atoms with Gasteiger partial charge in [-0.05, 0) is 58.7 Å². The largest absolute Gasteiger partial charge is 0.398 e. The number of nitrogens with one attached hydrogen (secondary N) is 1. The summed E-state index contributed by atoms with van der Waals surface area (Å²) in [6.45, 7) is 0. The van der Waals surface area contributed by atoms with E-state index in [2.05, 4.69) is 26.2 Å². The van der Waals surface area contributed by atoms with Crippen molar-refractivity contribution in [3.63, 3.8) is 0 Å². The third kappa shape index (κ3) is 3.30. The van der Waals surface area contributed by atoms with E-state index in [1.165, 1.54) is 6.07 Å². The first-order chi connectivity index (χ1) is 9.11. The summed E-state index contributed by atoms with van der Waals surface area (Å²) in [4.78, 5) is 4.08. The van der Waals surface area contributed by atoms with Crippen LogP contribution in [0.15, 0.2) is 41.1 Å². The molecule has 1 aromatic carbocycles. The lowest BCUT2D eigenvalue weighted by Gasteiger charge is -2.18. The van der Waals surface area contributed by atoms with Crippen LogP contribution < -0.4 is 11.1 Å². The predicted octanol–water partition coefficient (Wildman–Crippen LogP) is 3.07. The average Bonchev–Trinajstić information content (AvgIpc) is 2.41. The molecule has 0 saturated heterocycles. The van der Waals surface area contributed by atoms with Crippen LogP contribution in [0.25, 0.3) is 0 Å². The zero-order chi connectivity index (χ0) is 13.8. The number of hydrogen-bond donors (Lipinski definition) is 2. The molecule has 0 amide bonds. The molecule has 0 aliphatic rings. The summed E-state index contributed by atoms with van der Waals surface area (Å²) in [5.41, 5.74) is 8.61. The molecule has 2 rings (SSSR count). The minimum Gasteiger partial charge on any atom is -0.398 e. The maximum Gasteiger partial charge on any atom is 0.137 e. The van der Waals surface area contributed by atoms with Crippen molar-refractivity contribution in [1.29, 1.82) is 0 Å². The summed E-state index contributed by atoms with van der Waals surface area (Å²) in [5.74, 6) is -0.264. The fourth-order valence-electron chi connectivity index (χ4n) is 1.94. The van der Waals surface area contributed by atoms with Crippen molar-refractivity contribution in [2.75, 3.05) is 12.8 Å². The van der Waals surface area contributed by atoms with Gasteiger partial charge in [0.15, 0.2) is 0 Å². The van der Waals surface area contributed by atoms with Gasteiger partial charge in [-0.2, -0.15) is 0 Å². The van der Waals surface area contributed by atoms with Crippen molar-refractivity contribution in [1.82, 2.24) is 10.3 Å². The van der Waals surface area contributed by atoms with E-state index in [-0.39, 0.29) is 11.9 Å². The number of pyridine rings is 1. The molecule has 19 heavy (non-hydrogen) atoms. The molecule has 3 N–H and O–H groups in total. The molecule has 3 nitrogen and oxygen atoms in total. The third-order valence-corrected chi connectivity index (χ3v) is 3.67. The molecule has 1 atom stereocenters. The van der Waals surface area contributed by atoms with Gasteiger partial charge in [0, 0.05) is 24.1 Å². The highest BCUT2D eigenvalue weighted by Gasteiger charge is 2.13. The summed E-state index contributed by atoms with van der Waals surface area (Å²) < 4.78 is 13.7. The van der Waals surface area contributed by atoms with Crippen molar-refractivity contribution < 1.29 is 4.39 Å². The van der Waals surface area contributed by atoms with Gasteiger partial charge in [-0.15, -0.1) is 0 Å². The topological polar surface area (TPSA) is 50.9 Å². The quantitative estimate of drug-likeness (QED) is 0.909. The molecule has 0 saturated carbocycles. The van der Waals surface area contributed by atoms with Crippen LogP contribution in [0.3, 0.4) is 0 Å². The van der Waals surface area contributed by atoms with E-state index in [0.717, 1.165) is 16.8 Å². The van der Waals surface area contributed by atoms with Crippen LogP contribution in [0.2, 0.25) is 0 Å². The van der Waals surface area contributed by atoms with Gasteiger partial charge >= 0.3 is 0 Å². The average molecular weight is 324 g/mol. The Hall–Kier alpha value is -1.46. The number of rotatable bonds is 4. The molecule has 1 heterocycles. The van der Waals surface area contributed by atoms with Crippen LogP contribution in [0.1, 0.15) is 17.2 Å². The Balaban J connectivity index is 2.25. The monoisotopic (exact) mass is 323 g/mol. The van der Waals surface area contributed by atoms with E-state index in [4.69, 9.17) is 5.73 Å². The highest BCUT2D eigenvalue weighted by atomic mass is 79.9. The first-order valence-electron chi connectivity index (χ1n) is 5.92. The standard InChI is InChI=1S/C14H15BrFN3/c1-18-14(7-10-8-19-5-4-13(10)17)9-2-3-12(16)11(15)6-9/h2-6,8,14,18H,7H2,1H3,(H2,17,19). The predicted molar refractivity (Wildman–Crippen MR) is 78.3 cm³/mol.